The lowest BCUT2D eigenvalue weighted by Gasteiger charge is -2.31. The smallest absolute Gasteiger partial charge is 0.303 e. The Labute approximate surface area is 156 Å². The Kier molecular flexibility index (Phi) is 7.85. The van der Waals surface area contributed by atoms with Crippen molar-refractivity contribution < 1.29 is 18.3 Å². The Bertz CT molecular complexity index is 710. The first-order valence-electron chi connectivity index (χ1n) is 9.34. The Morgan fingerprint density at radius 2 is 1.88 bits per heavy atom. The van der Waals surface area contributed by atoms with E-state index >= 15 is 0 Å². The highest BCUT2D eigenvalue weighted by Gasteiger charge is 2.28. The molecule has 0 aliphatic heterocycles. The van der Waals surface area contributed by atoms with Crippen molar-refractivity contribution in [3.8, 4) is 0 Å². The largest absolute Gasteiger partial charge is 0.481 e. The SMILES string of the molecule is Cc1ccc(S(=O)(=O)NC2CCCCC2C/C=C/CCCC(=O)O)cc1. The molecule has 0 amide bonds. The van der Waals surface area contributed by atoms with E-state index < -0.39 is 16.0 Å². The molecule has 1 aliphatic rings. The van der Waals surface area contributed by atoms with Crippen molar-refractivity contribution in [1.29, 1.82) is 0 Å². The normalized spacial score (nSPS) is 21.1. The minimum Gasteiger partial charge on any atom is -0.481 e. The van der Waals surface area contributed by atoms with Crippen LogP contribution in [0.1, 0.15) is 56.9 Å². The van der Waals surface area contributed by atoms with Gasteiger partial charge in [0.1, 0.15) is 0 Å². The van der Waals surface area contributed by atoms with Gasteiger partial charge in [0.15, 0.2) is 0 Å². The summed E-state index contributed by atoms with van der Waals surface area (Å²) in [5.41, 5.74) is 1.03. The lowest BCUT2D eigenvalue weighted by atomic mass is 9.83. The summed E-state index contributed by atoms with van der Waals surface area (Å²) in [5.74, 6) is -0.476. The van der Waals surface area contributed by atoms with Crippen molar-refractivity contribution in [1.82, 2.24) is 4.72 Å². The summed E-state index contributed by atoms with van der Waals surface area (Å²) in [6, 6.07) is 6.88. The molecule has 1 aromatic rings. The summed E-state index contributed by atoms with van der Waals surface area (Å²) in [6.45, 7) is 1.93. The Balaban J connectivity index is 1.92. The molecule has 2 rings (SSSR count). The van der Waals surface area contributed by atoms with Gasteiger partial charge in [0.25, 0.3) is 0 Å². The van der Waals surface area contributed by atoms with Gasteiger partial charge >= 0.3 is 5.97 Å². The molecule has 0 radical (unpaired) electrons. The molecule has 26 heavy (non-hydrogen) atoms. The number of carbonyl (C=O) groups is 1. The van der Waals surface area contributed by atoms with Gasteiger partial charge in [-0.2, -0.15) is 0 Å². The van der Waals surface area contributed by atoms with E-state index in [9.17, 15) is 13.2 Å². The Hall–Kier alpha value is -1.66. The maximum Gasteiger partial charge on any atom is 0.303 e. The minimum atomic E-state index is -3.50. The van der Waals surface area contributed by atoms with Gasteiger partial charge < -0.3 is 5.11 Å². The number of benzene rings is 1. The molecule has 2 unspecified atom stereocenters. The predicted molar refractivity (Wildman–Crippen MR) is 102 cm³/mol. The quantitative estimate of drug-likeness (QED) is 0.501. The van der Waals surface area contributed by atoms with Crippen molar-refractivity contribution in [2.45, 2.75) is 69.2 Å². The van der Waals surface area contributed by atoms with Crippen molar-refractivity contribution >= 4 is 16.0 Å². The zero-order valence-electron chi connectivity index (χ0n) is 15.4. The third kappa shape index (κ3) is 6.57. The van der Waals surface area contributed by atoms with Crippen LogP contribution in [0.2, 0.25) is 0 Å². The minimum absolute atomic E-state index is 0.0428. The van der Waals surface area contributed by atoms with Gasteiger partial charge in [-0.05, 0) is 57.1 Å². The molecule has 6 heteroatoms. The molecule has 1 aliphatic carbocycles. The first-order chi connectivity index (χ1) is 12.4. The zero-order chi connectivity index (χ0) is 19.0. The number of allylic oxidation sites excluding steroid dienone is 2. The van der Waals surface area contributed by atoms with Gasteiger partial charge in [-0.15, -0.1) is 0 Å². The van der Waals surface area contributed by atoms with Crippen LogP contribution in [0.5, 0.6) is 0 Å². The van der Waals surface area contributed by atoms with Crippen LogP contribution in [-0.4, -0.2) is 25.5 Å². The van der Waals surface area contributed by atoms with E-state index in [1.807, 2.05) is 25.1 Å². The lowest BCUT2D eigenvalue weighted by Crippen LogP contribution is -2.41. The molecule has 1 fully saturated rings. The van der Waals surface area contributed by atoms with Crippen molar-refractivity contribution in [3.63, 3.8) is 0 Å². The molecule has 5 nitrogen and oxygen atoms in total. The van der Waals surface area contributed by atoms with E-state index in [0.717, 1.165) is 44.1 Å². The highest BCUT2D eigenvalue weighted by molar-refractivity contribution is 7.89. The van der Waals surface area contributed by atoms with Crippen LogP contribution >= 0.6 is 0 Å². The first-order valence-corrected chi connectivity index (χ1v) is 10.8. The second-order valence-corrected chi connectivity index (χ2v) is 8.79. The van der Waals surface area contributed by atoms with Gasteiger partial charge in [0.05, 0.1) is 4.90 Å². The summed E-state index contributed by atoms with van der Waals surface area (Å²) in [6.07, 6.45) is 10.5. The van der Waals surface area contributed by atoms with Gasteiger partial charge in [0.2, 0.25) is 10.0 Å². The number of carboxylic acids is 1. The highest BCUT2D eigenvalue weighted by Crippen LogP contribution is 2.29. The summed E-state index contributed by atoms with van der Waals surface area (Å²) in [4.78, 5) is 10.8. The molecular weight excluding hydrogens is 350 g/mol. The molecular formula is C20H29NO4S. The number of nitrogens with one attached hydrogen (secondary N) is 1. The molecule has 0 bridgehead atoms. The number of aliphatic carboxylic acids is 1. The van der Waals surface area contributed by atoms with Gasteiger partial charge in [0, 0.05) is 12.5 Å². The van der Waals surface area contributed by atoms with E-state index in [1.165, 1.54) is 0 Å². The monoisotopic (exact) mass is 379 g/mol. The third-order valence-electron chi connectivity index (χ3n) is 4.91. The van der Waals surface area contributed by atoms with Gasteiger partial charge in [-0.3, -0.25) is 4.79 Å². The third-order valence-corrected chi connectivity index (χ3v) is 6.42. The standard InChI is InChI=1S/C20H29NO4S/c1-16-12-14-18(15-13-16)26(24,25)21-19-10-7-6-9-17(19)8-4-2-3-5-11-20(22)23/h2,4,12-15,17,19,21H,3,5-11H2,1H3,(H,22,23)/b4-2+. The fourth-order valence-electron chi connectivity index (χ4n) is 3.39. The van der Waals surface area contributed by atoms with E-state index in [1.54, 1.807) is 12.1 Å². The second kappa shape index (κ2) is 9.88. The van der Waals surface area contributed by atoms with Crippen LogP contribution in [0.15, 0.2) is 41.3 Å². The van der Waals surface area contributed by atoms with Crippen LogP contribution in [-0.2, 0) is 14.8 Å². The number of hydrogen-bond donors (Lipinski definition) is 2. The maximum absolute atomic E-state index is 12.7. The van der Waals surface area contributed by atoms with Crippen LogP contribution in [0.25, 0.3) is 0 Å². The maximum atomic E-state index is 12.7. The van der Waals surface area contributed by atoms with E-state index in [4.69, 9.17) is 5.11 Å². The molecule has 0 heterocycles. The van der Waals surface area contributed by atoms with Crippen LogP contribution in [0.3, 0.4) is 0 Å². The number of carboxylic acid groups (broad SMARTS) is 1. The van der Waals surface area contributed by atoms with Crippen LogP contribution in [0, 0.1) is 12.8 Å². The summed E-state index contributed by atoms with van der Waals surface area (Å²) in [7, 11) is -3.50. The first kappa shape index (κ1) is 20.6. The molecule has 0 aromatic heterocycles. The molecule has 2 atom stereocenters. The fourth-order valence-corrected chi connectivity index (χ4v) is 4.73. The van der Waals surface area contributed by atoms with Gasteiger partial charge in [-0.25, -0.2) is 13.1 Å². The lowest BCUT2D eigenvalue weighted by molar-refractivity contribution is -0.137. The second-order valence-electron chi connectivity index (χ2n) is 7.08. The molecule has 2 N–H and O–H groups in total. The van der Waals surface area contributed by atoms with Crippen molar-refractivity contribution in [2.75, 3.05) is 0 Å². The van der Waals surface area contributed by atoms with Crippen LogP contribution in [0.4, 0.5) is 0 Å². The zero-order valence-corrected chi connectivity index (χ0v) is 16.2. The molecule has 0 saturated heterocycles. The number of hydrogen-bond acceptors (Lipinski definition) is 3. The summed E-state index contributed by atoms with van der Waals surface area (Å²) in [5, 5.41) is 8.64. The number of unbranched alkanes of at least 4 members (excludes halogenated alkanes) is 1. The molecule has 1 aromatic carbocycles. The topological polar surface area (TPSA) is 83.5 Å². The summed E-state index contributed by atoms with van der Waals surface area (Å²) < 4.78 is 28.2. The predicted octanol–water partition coefficient (Wildman–Crippen LogP) is 4.03. The summed E-state index contributed by atoms with van der Waals surface area (Å²) >= 11 is 0. The van der Waals surface area contributed by atoms with Crippen LogP contribution < -0.4 is 4.72 Å². The van der Waals surface area contributed by atoms with Crippen molar-refractivity contribution in [3.05, 3.63) is 42.0 Å². The molecule has 1 saturated carbocycles. The van der Waals surface area contributed by atoms with Gasteiger partial charge in [-0.1, -0.05) is 42.7 Å². The average molecular weight is 380 g/mol. The average Bonchev–Trinajstić information content (AvgIpc) is 2.59. The Morgan fingerprint density at radius 3 is 2.58 bits per heavy atom. The fraction of sp³-hybridized carbons (Fsp3) is 0.550. The van der Waals surface area contributed by atoms with Crippen molar-refractivity contribution in [2.24, 2.45) is 5.92 Å². The molecule has 0 spiro atoms. The highest BCUT2D eigenvalue weighted by atomic mass is 32.2. The number of rotatable bonds is 9. The number of aryl methyl sites for hydroxylation is 1. The molecule has 144 valence electrons. The van der Waals surface area contributed by atoms with E-state index in [0.29, 0.717) is 17.2 Å². The number of sulfonamides is 1. The van der Waals surface area contributed by atoms with E-state index in [2.05, 4.69) is 10.8 Å². The Morgan fingerprint density at radius 1 is 1.19 bits per heavy atom. The van der Waals surface area contributed by atoms with E-state index in [-0.39, 0.29) is 12.5 Å².